The third-order valence-electron chi connectivity index (χ3n) is 5.22. The summed E-state index contributed by atoms with van der Waals surface area (Å²) in [7, 11) is 0. The Bertz CT molecular complexity index is 1320. The molecule has 3 rings (SSSR count). The predicted octanol–water partition coefficient (Wildman–Crippen LogP) is 5.76. The van der Waals surface area contributed by atoms with Crippen molar-refractivity contribution >= 4 is 35.0 Å². The van der Waals surface area contributed by atoms with Crippen molar-refractivity contribution in [2.24, 2.45) is 0 Å². The quantitative estimate of drug-likeness (QED) is 0.236. The molecule has 0 saturated heterocycles. The second-order valence-corrected chi connectivity index (χ2v) is 7.88. The number of nitrogens with zero attached hydrogens (tertiary/aromatic N) is 2. The molecule has 2 aromatic carbocycles. The molecule has 1 heterocycles. The minimum atomic E-state index is -5.19. The number of aliphatic hydroxyl groups is 1. The van der Waals surface area contributed by atoms with Crippen molar-refractivity contribution in [3.8, 4) is 11.3 Å². The monoisotopic (exact) mass is 542 g/mol. The van der Waals surface area contributed by atoms with Gasteiger partial charge in [-0.3, -0.25) is 4.79 Å². The number of hydrogen-bond donors (Lipinski definition) is 3. The van der Waals surface area contributed by atoms with Gasteiger partial charge in [-0.15, -0.1) is 0 Å². The van der Waals surface area contributed by atoms with Crippen molar-refractivity contribution in [1.29, 1.82) is 5.41 Å². The van der Waals surface area contributed by atoms with E-state index in [0.29, 0.717) is 0 Å². The molecule has 1 amide bonds. The lowest BCUT2D eigenvalue weighted by atomic mass is 9.99. The van der Waals surface area contributed by atoms with E-state index in [1.54, 1.807) is 6.92 Å². The van der Waals surface area contributed by atoms with Gasteiger partial charge in [0.1, 0.15) is 28.6 Å². The zero-order valence-electron chi connectivity index (χ0n) is 19.2. The first-order valence-electron chi connectivity index (χ1n) is 10.7. The van der Waals surface area contributed by atoms with Gasteiger partial charge in [0.25, 0.3) is 5.91 Å². The fraction of sp³-hybridized carbons (Fsp3) is 0.208. The number of aliphatic hydroxyl groups excluding tert-OH is 1. The summed E-state index contributed by atoms with van der Waals surface area (Å²) in [5.41, 5.74) is -4.75. The van der Waals surface area contributed by atoms with E-state index in [0.717, 1.165) is 23.1 Å². The van der Waals surface area contributed by atoms with Crippen molar-refractivity contribution in [1.82, 2.24) is 10.1 Å². The number of aromatic nitrogens is 1. The average molecular weight is 543 g/mol. The number of amides is 1. The van der Waals surface area contributed by atoms with E-state index in [9.17, 15) is 31.9 Å². The fourth-order valence-corrected chi connectivity index (χ4v) is 3.74. The molecule has 0 spiro atoms. The molecule has 0 unspecified atom stereocenters. The van der Waals surface area contributed by atoms with E-state index in [1.807, 2.05) is 5.32 Å². The molecule has 3 N–H and O–H groups in total. The normalized spacial score (nSPS) is 12.2. The van der Waals surface area contributed by atoms with Crippen molar-refractivity contribution in [3.05, 3.63) is 76.1 Å². The van der Waals surface area contributed by atoms with Gasteiger partial charge in [-0.05, 0) is 31.2 Å². The summed E-state index contributed by atoms with van der Waals surface area (Å²) < 4.78 is 76.6. The molecular weight excluding hydrogens is 523 g/mol. The van der Waals surface area contributed by atoms with Crippen LogP contribution in [0.3, 0.4) is 0 Å². The Labute approximate surface area is 212 Å². The van der Waals surface area contributed by atoms with E-state index in [4.69, 9.17) is 21.5 Å². The topological polar surface area (TPSA) is 102 Å². The lowest BCUT2D eigenvalue weighted by Gasteiger charge is -2.21. The molecule has 3 aromatic rings. The maximum Gasteiger partial charge on any atom is 0.432 e. The van der Waals surface area contributed by atoms with Crippen LogP contribution in [0.15, 0.2) is 52.7 Å². The highest BCUT2D eigenvalue weighted by Crippen LogP contribution is 2.39. The number of benzene rings is 2. The summed E-state index contributed by atoms with van der Waals surface area (Å²) in [6, 6.07) is 8.09. The van der Waals surface area contributed by atoms with E-state index in [2.05, 4.69) is 5.16 Å². The third kappa shape index (κ3) is 5.81. The molecule has 1 aromatic heterocycles. The van der Waals surface area contributed by atoms with Gasteiger partial charge in [-0.1, -0.05) is 35.0 Å². The van der Waals surface area contributed by atoms with Crippen LogP contribution in [0.5, 0.6) is 0 Å². The summed E-state index contributed by atoms with van der Waals surface area (Å²) in [4.78, 5) is 14.5. The number of anilines is 1. The number of rotatable bonds is 9. The van der Waals surface area contributed by atoms with Crippen molar-refractivity contribution in [3.63, 3.8) is 0 Å². The Morgan fingerprint density at radius 1 is 1.19 bits per heavy atom. The highest BCUT2D eigenvalue weighted by atomic mass is 35.5. The Hall–Kier alpha value is -3.77. The predicted molar refractivity (Wildman–Crippen MR) is 127 cm³/mol. The summed E-state index contributed by atoms with van der Waals surface area (Å²) in [6.45, 7) is 0.863. The number of carbonyl (C=O) groups excluding carboxylic acids is 1. The standard InChI is InChI=1S/C24H20ClF5N4O3/c1-2-34(10-11-35)23(36)19-20(18-14(25)6-5-8-16(18)27)33-37-21(19)13(12-31)22(24(28,29)30)32-17-9-4-3-7-15(17)26/h3-9,12,31-32,35H,2,10-11H2,1H3/b22-13+,31-12?. The van der Waals surface area contributed by atoms with Crippen LogP contribution in [0.1, 0.15) is 23.0 Å². The SMILES string of the molecule is CCN(CCO)C(=O)c1c(-c2c(F)cccc2Cl)noc1/C(C=N)=C(/Nc1ccccc1F)C(F)(F)F. The van der Waals surface area contributed by atoms with Crippen molar-refractivity contribution in [2.45, 2.75) is 13.1 Å². The molecule has 13 heteroatoms. The maximum atomic E-state index is 14.8. The van der Waals surface area contributed by atoms with Crippen LogP contribution >= 0.6 is 11.6 Å². The lowest BCUT2D eigenvalue weighted by Crippen LogP contribution is -2.34. The highest BCUT2D eigenvalue weighted by Gasteiger charge is 2.40. The molecule has 0 radical (unpaired) electrons. The number of para-hydroxylation sites is 1. The van der Waals surface area contributed by atoms with Crippen LogP contribution in [0, 0.1) is 17.0 Å². The number of carbonyl (C=O) groups is 1. The Morgan fingerprint density at radius 2 is 1.86 bits per heavy atom. The van der Waals surface area contributed by atoms with Gasteiger partial charge in [0.15, 0.2) is 5.76 Å². The van der Waals surface area contributed by atoms with Gasteiger partial charge >= 0.3 is 6.18 Å². The van der Waals surface area contributed by atoms with Crippen LogP contribution in [0.4, 0.5) is 27.6 Å². The molecule has 196 valence electrons. The molecule has 37 heavy (non-hydrogen) atoms. The molecule has 7 nitrogen and oxygen atoms in total. The van der Waals surface area contributed by atoms with Gasteiger partial charge in [-0.25, -0.2) is 8.78 Å². The number of likely N-dealkylation sites (N-methyl/N-ethyl adjacent to an activating group) is 1. The minimum Gasteiger partial charge on any atom is -0.395 e. The van der Waals surface area contributed by atoms with Crippen LogP contribution in [0.25, 0.3) is 16.8 Å². The number of nitrogens with one attached hydrogen (secondary N) is 2. The second kappa shape index (κ2) is 11.5. The van der Waals surface area contributed by atoms with Crippen LogP contribution in [0.2, 0.25) is 5.02 Å². The smallest absolute Gasteiger partial charge is 0.395 e. The van der Waals surface area contributed by atoms with E-state index >= 15 is 0 Å². The highest BCUT2D eigenvalue weighted by molar-refractivity contribution is 6.33. The van der Waals surface area contributed by atoms with Gasteiger partial charge in [0.2, 0.25) is 0 Å². The Balaban J connectivity index is 2.37. The summed E-state index contributed by atoms with van der Waals surface area (Å²) in [5.74, 6) is -3.75. The van der Waals surface area contributed by atoms with Crippen LogP contribution < -0.4 is 5.32 Å². The molecule has 0 fully saturated rings. The van der Waals surface area contributed by atoms with Crippen molar-refractivity contribution in [2.75, 3.05) is 25.0 Å². The summed E-state index contributed by atoms with van der Waals surface area (Å²) in [6.07, 6.45) is -4.93. The first-order valence-corrected chi connectivity index (χ1v) is 11.1. The third-order valence-corrected chi connectivity index (χ3v) is 5.53. The van der Waals surface area contributed by atoms with Gasteiger partial charge in [-0.2, -0.15) is 13.2 Å². The number of alkyl halides is 3. The minimum absolute atomic E-state index is 0.0116. The van der Waals surface area contributed by atoms with Gasteiger partial charge in [0.05, 0.1) is 28.5 Å². The largest absolute Gasteiger partial charge is 0.432 e. The molecule has 0 aliphatic heterocycles. The molecule has 0 aliphatic carbocycles. The van der Waals surface area contributed by atoms with E-state index in [-0.39, 0.29) is 24.3 Å². The second-order valence-electron chi connectivity index (χ2n) is 7.48. The van der Waals surface area contributed by atoms with Gasteiger partial charge in [0, 0.05) is 19.3 Å². The lowest BCUT2D eigenvalue weighted by molar-refractivity contribution is -0.0896. The average Bonchev–Trinajstić information content (AvgIpc) is 3.26. The first-order chi connectivity index (χ1) is 17.5. The fourth-order valence-electron chi connectivity index (χ4n) is 3.49. The molecule has 0 aliphatic rings. The zero-order valence-corrected chi connectivity index (χ0v) is 19.9. The molecule has 0 bridgehead atoms. The van der Waals surface area contributed by atoms with E-state index in [1.165, 1.54) is 24.3 Å². The Kier molecular flexibility index (Phi) is 8.66. The summed E-state index contributed by atoms with van der Waals surface area (Å²) in [5, 5.41) is 22.4. The maximum absolute atomic E-state index is 14.8. The first kappa shape index (κ1) is 27.8. The zero-order chi connectivity index (χ0) is 27.3. The summed E-state index contributed by atoms with van der Waals surface area (Å²) >= 11 is 6.12. The molecular formula is C24H20ClF5N4O3. The molecule has 0 atom stereocenters. The van der Waals surface area contributed by atoms with Crippen LogP contribution in [-0.4, -0.2) is 53.2 Å². The van der Waals surface area contributed by atoms with Crippen LogP contribution in [-0.2, 0) is 0 Å². The van der Waals surface area contributed by atoms with Gasteiger partial charge < -0.3 is 25.3 Å². The number of halogens is 6. The van der Waals surface area contributed by atoms with Crippen molar-refractivity contribution < 1.29 is 36.4 Å². The Morgan fingerprint density at radius 3 is 2.43 bits per heavy atom. The number of hydrogen-bond acceptors (Lipinski definition) is 6. The van der Waals surface area contributed by atoms with E-state index < -0.39 is 69.9 Å². The molecule has 0 saturated carbocycles. The number of allylic oxidation sites excluding steroid dienone is 2.